The molecule has 0 amide bonds. The van der Waals surface area contributed by atoms with Gasteiger partial charge in [-0.1, -0.05) is 27.4 Å². The molecule has 2 heterocycles. The van der Waals surface area contributed by atoms with E-state index in [9.17, 15) is 31.5 Å². The van der Waals surface area contributed by atoms with Crippen molar-refractivity contribution >= 4 is 44.3 Å². The van der Waals surface area contributed by atoms with Crippen molar-refractivity contribution in [2.24, 2.45) is 5.73 Å². The van der Waals surface area contributed by atoms with Gasteiger partial charge in [-0.15, -0.1) is 0 Å². The highest BCUT2D eigenvalue weighted by molar-refractivity contribution is 7.97. The summed E-state index contributed by atoms with van der Waals surface area (Å²) < 4.78 is 65.5. The lowest BCUT2D eigenvalue weighted by molar-refractivity contribution is -0.138. The number of H-pyrrole nitrogens is 1. The molecule has 0 radical (unpaired) electrons. The lowest BCUT2D eigenvalue weighted by atomic mass is 10.0. The number of hydrogen-bond donors (Lipinski definition) is 3. The van der Waals surface area contributed by atoms with Gasteiger partial charge in [-0.2, -0.15) is 17.7 Å². The van der Waals surface area contributed by atoms with E-state index in [0.29, 0.717) is 23.7 Å². The second-order valence-corrected chi connectivity index (χ2v) is 11.7. The molecule has 194 valence electrons. The fourth-order valence-corrected chi connectivity index (χ4v) is 5.85. The molecule has 0 spiro atoms. The Kier molecular flexibility index (Phi) is 7.14. The van der Waals surface area contributed by atoms with Crippen LogP contribution in [0.3, 0.4) is 0 Å². The number of aromatic amines is 1. The monoisotopic (exact) mass is 565 g/mol. The second kappa shape index (κ2) is 9.58. The molecular weight excluding hydrogens is 544 g/mol. The minimum Gasteiger partial charge on any atom is -0.325 e. The van der Waals surface area contributed by atoms with Gasteiger partial charge >= 0.3 is 11.9 Å². The molecule has 1 aliphatic heterocycles. The quantitative estimate of drug-likeness (QED) is 0.393. The Labute approximate surface area is 214 Å². The summed E-state index contributed by atoms with van der Waals surface area (Å²) >= 11 is 12.4. The molecule has 1 fully saturated rings. The van der Waals surface area contributed by atoms with Gasteiger partial charge < -0.3 is 10.7 Å². The summed E-state index contributed by atoms with van der Waals surface area (Å²) in [5.41, 5.74) is 2.26. The largest absolute Gasteiger partial charge is 0.416 e. The van der Waals surface area contributed by atoms with E-state index in [-0.39, 0.29) is 49.9 Å². The number of nitrogens with zero attached hydrogens (tertiary/aromatic N) is 2. The van der Waals surface area contributed by atoms with Crippen LogP contribution in [-0.4, -0.2) is 43.9 Å². The Hall–Kier alpha value is -2.22. The first-order chi connectivity index (χ1) is 16.7. The van der Waals surface area contributed by atoms with Crippen LogP contribution in [0.15, 0.2) is 38.8 Å². The van der Waals surface area contributed by atoms with E-state index in [1.807, 2.05) is 0 Å². The van der Waals surface area contributed by atoms with Gasteiger partial charge in [0.1, 0.15) is 5.75 Å². The molecule has 4 N–H and O–H groups in total. The van der Waals surface area contributed by atoms with Gasteiger partial charge in [0, 0.05) is 36.3 Å². The van der Waals surface area contributed by atoms with Crippen LogP contribution < -0.4 is 17.0 Å². The van der Waals surface area contributed by atoms with E-state index >= 15 is 0 Å². The molecule has 3 aromatic rings. The van der Waals surface area contributed by atoms with Crippen molar-refractivity contribution < 1.29 is 21.9 Å². The minimum absolute atomic E-state index is 0.0297. The van der Waals surface area contributed by atoms with Crippen molar-refractivity contribution in [2.45, 2.75) is 37.1 Å². The van der Waals surface area contributed by atoms with E-state index in [2.05, 4.69) is 4.98 Å². The number of nitrogens with two attached hydrogens (primary N) is 1. The highest BCUT2D eigenvalue weighted by Crippen LogP contribution is 2.39. The number of alkyl halides is 3. The molecule has 0 bridgehead atoms. The van der Waals surface area contributed by atoms with Gasteiger partial charge in [0.25, 0.3) is 5.56 Å². The molecule has 14 heteroatoms. The van der Waals surface area contributed by atoms with E-state index < -0.39 is 45.1 Å². The topological polar surface area (TPSA) is 121 Å². The Morgan fingerprint density at radius 3 is 2.44 bits per heavy atom. The summed E-state index contributed by atoms with van der Waals surface area (Å²) in [4.78, 5) is 30.2. The zero-order valence-electron chi connectivity index (χ0n) is 18.9. The van der Waals surface area contributed by atoms with Crippen molar-refractivity contribution in [2.75, 3.05) is 18.8 Å². The maximum absolute atomic E-state index is 14.0. The zero-order valence-corrected chi connectivity index (χ0v) is 21.2. The molecule has 1 saturated heterocycles. The molecule has 1 aromatic heterocycles. The van der Waals surface area contributed by atoms with Gasteiger partial charge in [-0.25, -0.2) is 4.79 Å². The zero-order chi connectivity index (χ0) is 26.6. The molecule has 0 saturated carbocycles. The molecule has 36 heavy (non-hydrogen) atoms. The summed E-state index contributed by atoms with van der Waals surface area (Å²) in [6.07, 6.45) is -4.82. The Bertz CT molecular complexity index is 1520. The highest BCUT2D eigenvalue weighted by Gasteiger charge is 2.37. The second-order valence-electron chi connectivity index (χ2n) is 8.59. The fourth-order valence-electron chi connectivity index (χ4n) is 4.22. The summed E-state index contributed by atoms with van der Waals surface area (Å²) in [6.45, 7) is 1.61. The molecular formula is C22H22Cl2F3N4O4S+. The molecule has 1 unspecified atom stereocenters. The maximum atomic E-state index is 14.0. The Balaban J connectivity index is 1.90. The van der Waals surface area contributed by atoms with Gasteiger partial charge in [-0.05, 0) is 36.8 Å². The molecule has 0 aliphatic carbocycles. The van der Waals surface area contributed by atoms with Crippen molar-refractivity contribution in [1.29, 1.82) is 0 Å². The lowest BCUT2D eigenvalue weighted by Gasteiger charge is -2.37. The summed E-state index contributed by atoms with van der Waals surface area (Å²) in [7, 11) is -3.50. The van der Waals surface area contributed by atoms with Crippen LogP contribution in [0.1, 0.15) is 23.6 Å². The molecule has 2 aromatic carbocycles. The first-order valence-corrected chi connectivity index (χ1v) is 13.2. The van der Waals surface area contributed by atoms with Crippen molar-refractivity contribution in [3.05, 3.63) is 71.8 Å². The van der Waals surface area contributed by atoms with Crippen molar-refractivity contribution in [3.63, 3.8) is 0 Å². The Morgan fingerprint density at radius 1 is 1.19 bits per heavy atom. The van der Waals surface area contributed by atoms with Crippen LogP contribution in [-0.2, 0) is 33.7 Å². The number of likely N-dealkylation sites (tertiary alicyclic amines) is 1. The van der Waals surface area contributed by atoms with Crippen molar-refractivity contribution in [1.82, 2.24) is 14.5 Å². The fraction of sp³-hybridized carbons (Fsp3) is 0.364. The summed E-state index contributed by atoms with van der Waals surface area (Å²) in [6, 6.07) is 4.55. The van der Waals surface area contributed by atoms with Crippen LogP contribution in [0.5, 0.6) is 0 Å². The molecule has 8 nitrogen and oxygen atoms in total. The van der Waals surface area contributed by atoms with Crippen LogP contribution >= 0.6 is 23.2 Å². The van der Waals surface area contributed by atoms with E-state index in [4.69, 9.17) is 28.9 Å². The van der Waals surface area contributed by atoms with Gasteiger partial charge in [0.15, 0.2) is 4.90 Å². The summed E-state index contributed by atoms with van der Waals surface area (Å²) in [5, 5.41) is -0.641. The SMILES string of the molecule is CC[S+](=O)(O)c1ccc(Cl)cc1Cn1c(=O)[nH]c2c(Cl)c(CN3CC(N)C3)c(C(F)(F)F)cc2c1=O. The minimum atomic E-state index is -4.82. The third kappa shape index (κ3) is 4.98. The third-order valence-electron chi connectivity index (χ3n) is 6.08. The standard InChI is InChI=1S/C22H21Cl2F3N4O4S/c1-2-36(34,35)17-4-3-12(23)5-11(17)7-31-20(32)14-6-16(22(25,26)27)15(10-30-8-13(28)9-30)18(24)19(14)29-21(31)33/h3-6,13H,2,7-10,28H2,1H3,(H-,29,32,33,34,35)/p+1. The van der Waals surface area contributed by atoms with Gasteiger partial charge in [0.2, 0.25) is 10.2 Å². The van der Waals surface area contributed by atoms with Gasteiger partial charge in [-0.3, -0.25) is 14.3 Å². The first kappa shape index (κ1) is 26.8. The highest BCUT2D eigenvalue weighted by atomic mass is 35.5. The number of halogens is 5. The van der Waals surface area contributed by atoms with E-state index in [0.717, 1.165) is 0 Å². The predicted molar refractivity (Wildman–Crippen MR) is 132 cm³/mol. The number of aromatic nitrogens is 2. The van der Waals surface area contributed by atoms with Crippen molar-refractivity contribution in [3.8, 4) is 0 Å². The first-order valence-electron chi connectivity index (χ1n) is 10.8. The number of rotatable bonds is 6. The van der Waals surface area contributed by atoms with Crippen LogP contribution in [0.2, 0.25) is 10.0 Å². The number of nitrogens with one attached hydrogen (secondary N) is 1. The van der Waals surface area contributed by atoms with E-state index in [1.165, 1.54) is 25.1 Å². The van der Waals surface area contributed by atoms with Crippen LogP contribution in [0.4, 0.5) is 13.2 Å². The average molecular weight is 566 g/mol. The number of fused-ring (bicyclic) bond motifs is 1. The predicted octanol–water partition coefficient (Wildman–Crippen LogP) is 3.56. The smallest absolute Gasteiger partial charge is 0.325 e. The molecule has 4 rings (SSSR count). The third-order valence-corrected chi connectivity index (χ3v) is 8.60. The average Bonchev–Trinajstić information content (AvgIpc) is 2.76. The normalized spacial score (nSPS) is 16.8. The molecule has 1 atom stereocenters. The number of benzene rings is 2. The van der Waals surface area contributed by atoms with Crippen LogP contribution in [0, 0.1) is 0 Å². The summed E-state index contributed by atoms with van der Waals surface area (Å²) in [5.74, 6) is -0.139. The van der Waals surface area contributed by atoms with Gasteiger partial charge in [0.05, 0.1) is 28.0 Å². The maximum Gasteiger partial charge on any atom is 0.416 e. The van der Waals surface area contributed by atoms with E-state index in [1.54, 1.807) is 4.90 Å². The van der Waals surface area contributed by atoms with Crippen LogP contribution in [0.25, 0.3) is 10.9 Å². The lowest BCUT2D eigenvalue weighted by Crippen LogP contribution is -2.55. The Morgan fingerprint density at radius 2 is 1.86 bits per heavy atom. The molecule has 1 aliphatic rings. The number of hydrogen-bond acceptors (Lipinski definition) is 5.